The Kier molecular flexibility index (Phi) is 6.39. The summed E-state index contributed by atoms with van der Waals surface area (Å²) in [5.74, 6) is 6.40. The van der Waals surface area contributed by atoms with Gasteiger partial charge in [0, 0.05) is 6.42 Å². The number of hydrogen-bond donors (Lipinski definition) is 4. The Bertz CT molecular complexity index is 544. The lowest BCUT2D eigenvalue weighted by Crippen LogP contribution is -2.55. The second-order valence-corrected chi connectivity index (χ2v) is 5.31. The Morgan fingerprint density at radius 2 is 1.74 bits per heavy atom. The summed E-state index contributed by atoms with van der Waals surface area (Å²) in [7, 11) is 0. The Morgan fingerprint density at radius 1 is 1.04 bits per heavy atom. The van der Waals surface area contributed by atoms with E-state index in [-0.39, 0.29) is 0 Å². The Morgan fingerprint density at radius 3 is 2.35 bits per heavy atom. The van der Waals surface area contributed by atoms with Crippen LogP contribution >= 0.6 is 0 Å². The highest BCUT2D eigenvalue weighted by Crippen LogP contribution is 2.32. The van der Waals surface area contributed by atoms with Crippen LogP contribution in [0.1, 0.15) is 25.0 Å². The molecule has 1 unspecified atom stereocenters. The molecule has 1 aromatic rings. The van der Waals surface area contributed by atoms with Gasteiger partial charge in [0.25, 0.3) is 0 Å². The summed E-state index contributed by atoms with van der Waals surface area (Å²) >= 11 is 0. The molecular weight excluding hydrogens is 300 g/mol. The zero-order chi connectivity index (χ0) is 16.8. The van der Waals surface area contributed by atoms with Crippen molar-refractivity contribution in [3.63, 3.8) is 0 Å². The third kappa shape index (κ3) is 4.22. The van der Waals surface area contributed by atoms with Crippen LogP contribution in [0.15, 0.2) is 24.3 Å². The van der Waals surface area contributed by atoms with Crippen LogP contribution in [0, 0.1) is 11.8 Å². The van der Waals surface area contributed by atoms with E-state index < -0.39 is 37.1 Å². The van der Waals surface area contributed by atoms with Crippen molar-refractivity contribution in [3.05, 3.63) is 29.8 Å². The van der Waals surface area contributed by atoms with E-state index in [9.17, 15) is 20.4 Å². The molecule has 2 rings (SSSR count). The molecule has 0 bridgehead atoms. The molecule has 23 heavy (non-hydrogen) atoms. The molecule has 0 saturated carbocycles. The van der Waals surface area contributed by atoms with Crippen LogP contribution in [0.4, 0.5) is 0 Å². The number of aliphatic hydroxyl groups excluding tert-OH is 4. The molecule has 1 aliphatic rings. The Balaban J connectivity index is 2.05. The van der Waals surface area contributed by atoms with E-state index in [4.69, 9.17) is 9.47 Å². The molecule has 0 amide bonds. The monoisotopic (exact) mass is 322 g/mol. The van der Waals surface area contributed by atoms with E-state index in [2.05, 4.69) is 11.8 Å². The normalized spacial score (nSPS) is 30.4. The molecule has 6 heteroatoms. The number of ether oxygens (including phenoxy) is 2. The maximum atomic E-state index is 10.1. The summed E-state index contributed by atoms with van der Waals surface area (Å²) in [5.41, 5.74) is 0.619. The van der Waals surface area contributed by atoms with E-state index in [1.54, 1.807) is 24.3 Å². The maximum absolute atomic E-state index is 10.1. The molecular formula is C17H22O6. The first kappa shape index (κ1) is 17.7. The SMILES string of the molecule is CCC#CCOc1ccc(C2O[C@H](CO)[C@@H](O)[C@H](O)[C@@H]2O)cc1. The van der Waals surface area contributed by atoms with Crippen LogP contribution in [-0.4, -0.2) is 58.1 Å². The van der Waals surface area contributed by atoms with Crippen LogP contribution < -0.4 is 4.74 Å². The largest absolute Gasteiger partial charge is 0.481 e. The van der Waals surface area contributed by atoms with Crippen molar-refractivity contribution >= 4 is 0 Å². The molecule has 1 fully saturated rings. The lowest BCUT2D eigenvalue weighted by atomic mass is 9.91. The summed E-state index contributed by atoms with van der Waals surface area (Å²) in [6.45, 7) is 1.81. The number of rotatable bonds is 4. The minimum Gasteiger partial charge on any atom is -0.481 e. The Hall–Kier alpha value is -1.62. The summed E-state index contributed by atoms with van der Waals surface area (Å²) in [5, 5.41) is 38.9. The lowest BCUT2D eigenvalue weighted by Gasteiger charge is -2.40. The van der Waals surface area contributed by atoms with Crippen LogP contribution in [0.2, 0.25) is 0 Å². The summed E-state index contributed by atoms with van der Waals surface area (Å²) in [6, 6.07) is 6.83. The molecule has 0 spiro atoms. The first-order chi connectivity index (χ1) is 11.1. The van der Waals surface area contributed by atoms with Crippen LogP contribution in [0.5, 0.6) is 5.75 Å². The highest BCUT2D eigenvalue weighted by Gasteiger charge is 2.43. The van der Waals surface area contributed by atoms with Gasteiger partial charge in [0.15, 0.2) is 0 Å². The van der Waals surface area contributed by atoms with Crippen molar-refractivity contribution in [3.8, 4) is 17.6 Å². The highest BCUT2D eigenvalue weighted by atomic mass is 16.5. The fraction of sp³-hybridized carbons (Fsp3) is 0.529. The van der Waals surface area contributed by atoms with Crippen molar-refractivity contribution in [2.24, 2.45) is 0 Å². The standard InChI is InChI=1S/C17H22O6/c1-2-3-4-9-22-12-7-5-11(6-8-12)17-16(21)15(20)14(19)13(10-18)23-17/h5-8,13-21H,2,9-10H2,1H3/t13-,14-,15+,16+,17?/m1/s1. The minimum absolute atomic E-state index is 0.299. The van der Waals surface area contributed by atoms with Gasteiger partial charge in [-0.3, -0.25) is 0 Å². The van der Waals surface area contributed by atoms with Crippen molar-refractivity contribution in [2.75, 3.05) is 13.2 Å². The zero-order valence-corrected chi connectivity index (χ0v) is 12.9. The summed E-state index contributed by atoms with van der Waals surface area (Å²) in [4.78, 5) is 0. The maximum Gasteiger partial charge on any atom is 0.149 e. The van der Waals surface area contributed by atoms with E-state index >= 15 is 0 Å². The first-order valence-corrected chi connectivity index (χ1v) is 7.57. The van der Waals surface area contributed by atoms with Crippen LogP contribution in [0.3, 0.4) is 0 Å². The topological polar surface area (TPSA) is 99.4 Å². The molecule has 0 radical (unpaired) electrons. The second-order valence-electron chi connectivity index (χ2n) is 5.31. The van der Waals surface area contributed by atoms with Crippen molar-refractivity contribution in [2.45, 2.75) is 43.9 Å². The van der Waals surface area contributed by atoms with Gasteiger partial charge in [-0.1, -0.05) is 25.0 Å². The average Bonchev–Trinajstić information content (AvgIpc) is 2.58. The molecule has 1 heterocycles. The number of benzene rings is 1. The van der Waals surface area contributed by atoms with E-state index in [1.165, 1.54) is 0 Å². The van der Waals surface area contributed by atoms with E-state index in [0.717, 1.165) is 6.42 Å². The predicted molar refractivity (Wildman–Crippen MR) is 82.7 cm³/mol. The van der Waals surface area contributed by atoms with Gasteiger partial charge in [0.2, 0.25) is 0 Å². The van der Waals surface area contributed by atoms with E-state index in [0.29, 0.717) is 17.9 Å². The van der Waals surface area contributed by atoms with Gasteiger partial charge in [0.05, 0.1) is 6.61 Å². The quantitative estimate of drug-likeness (QED) is 0.582. The lowest BCUT2D eigenvalue weighted by molar-refractivity contribution is -0.231. The number of hydrogen-bond acceptors (Lipinski definition) is 6. The van der Waals surface area contributed by atoms with Crippen molar-refractivity contribution in [1.29, 1.82) is 0 Å². The second kappa shape index (κ2) is 8.29. The fourth-order valence-electron chi connectivity index (χ4n) is 2.43. The number of aliphatic hydroxyl groups is 4. The molecule has 0 aliphatic carbocycles. The summed E-state index contributed by atoms with van der Waals surface area (Å²) in [6.07, 6.45) is -5.00. The molecule has 126 valence electrons. The van der Waals surface area contributed by atoms with Gasteiger partial charge in [-0.25, -0.2) is 0 Å². The van der Waals surface area contributed by atoms with Gasteiger partial charge >= 0.3 is 0 Å². The van der Waals surface area contributed by atoms with Crippen LogP contribution in [0.25, 0.3) is 0 Å². The highest BCUT2D eigenvalue weighted by molar-refractivity contribution is 5.30. The molecule has 6 nitrogen and oxygen atoms in total. The third-order valence-corrected chi connectivity index (χ3v) is 3.71. The molecule has 1 aliphatic heterocycles. The molecule has 1 saturated heterocycles. The van der Waals surface area contributed by atoms with Gasteiger partial charge in [-0.05, 0) is 17.7 Å². The molecule has 4 N–H and O–H groups in total. The van der Waals surface area contributed by atoms with Gasteiger partial charge in [-0.2, -0.15) is 0 Å². The smallest absolute Gasteiger partial charge is 0.149 e. The minimum atomic E-state index is -1.38. The zero-order valence-electron chi connectivity index (χ0n) is 12.9. The third-order valence-electron chi connectivity index (χ3n) is 3.71. The molecule has 0 aromatic heterocycles. The van der Waals surface area contributed by atoms with Crippen LogP contribution in [-0.2, 0) is 4.74 Å². The first-order valence-electron chi connectivity index (χ1n) is 7.57. The van der Waals surface area contributed by atoms with E-state index in [1.807, 2.05) is 6.92 Å². The summed E-state index contributed by atoms with van der Waals surface area (Å²) < 4.78 is 10.9. The Labute approximate surface area is 135 Å². The molecule has 1 aromatic carbocycles. The predicted octanol–water partition coefficient (Wildman–Crippen LogP) is -0.00630. The van der Waals surface area contributed by atoms with Crippen molar-refractivity contribution < 1.29 is 29.9 Å². The van der Waals surface area contributed by atoms with Gasteiger partial charge in [-0.15, -0.1) is 5.92 Å². The average molecular weight is 322 g/mol. The van der Waals surface area contributed by atoms with Crippen molar-refractivity contribution in [1.82, 2.24) is 0 Å². The van der Waals surface area contributed by atoms with Gasteiger partial charge < -0.3 is 29.9 Å². The molecule has 5 atom stereocenters. The van der Waals surface area contributed by atoms with Gasteiger partial charge in [0.1, 0.15) is 42.9 Å². The fourth-order valence-corrected chi connectivity index (χ4v) is 2.43.